The third-order valence-electron chi connectivity index (χ3n) is 3.94. The minimum absolute atomic E-state index is 0.115. The molecule has 13 heteroatoms. The predicted octanol–water partition coefficient (Wildman–Crippen LogP) is 4.89. The van der Waals surface area contributed by atoms with Crippen molar-refractivity contribution in [2.75, 3.05) is 7.11 Å². The van der Waals surface area contributed by atoms with Crippen molar-refractivity contribution in [3.8, 4) is 17.2 Å². The summed E-state index contributed by atoms with van der Waals surface area (Å²) in [5.74, 6) is -0.237. The summed E-state index contributed by atoms with van der Waals surface area (Å²) >= 11 is 4.60. The average Bonchev–Trinajstić information content (AvgIpc) is 3.30. The quantitative estimate of drug-likeness (QED) is 0.252. The summed E-state index contributed by atoms with van der Waals surface area (Å²) in [5.41, 5.74) is 1.92. The summed E-state index contributed by atoms with van der Waals surface area (Å²) in [5, 5.41) is 27.9. The van der Waals surface area contributed by atoms with E-state index < -0.39 is 21.2 Å². The van der Waals surface area contributed by atoms with Gasteiger partial charge >= 0.3 is 5.69 Å². The monoisotopic (exact) mass is 520 g/mol. The molecule has 1 heterocycles. The van der Waals surface area contributed by atoms with E-state index in [4.69, 9.17) is 9.47 Å². The first-order valence-corrected chi connectivity index (χ1v) is 10.3. The molecule has 0 aliphatic carbocycles. The molecule has 32 heavy (non-hydrogen) atoms. The first kappa shape index (κ1) is 22.8. The number of benzene rings is 2. The zero-order valence-electron chi connectivity index (χ0n) is 16.2. The minimum Gasteiger partial charge on any atom is -0.493 e. The van der Waals surface area contributed by atoms with Gasteiger partial charge in [0.25, 0.3) is 11.6 Å². The van der Waals surface area contributed by atoms with Crippen molar-refractivity contribution >= 4 is 50.8 Å². The van der Waals surface area contributed by atoms with Crippen LogP contribution in [0.25, 0.3) is 0 Å². The fourth-order valence-electron chi connectivity index (χ4n) is 2.50. The zero-order valence-corrected chi connectivity index (χ0v) is 18.6. The molecule has 0 aliphatic rings. The lowest BCUT2D eigenvalue weighted by Crippen LogP contribution is -2.16. The molecule has 0 atom stereocenters. The van der Waals surface area contributed by atoms with Crippen molar-refractivity contribution in [2.45, 2.75) is 0 Å². The number of halogens is 1. The van der Waals surface area contributed by atoms with Crippen LogP contribution in [-0.4, -0.2) is 29.1 Å². The molecule has 3 aromatic rings. The molecule has 0 bridgehead atoms. The smallest absolute Gasteiger partial charge is 0.318 e. The second-order valence-corrected chi connectivity index (χ2v) is 7.78. The summed E-state index contributed by atoms with van der Waals surface area (Å²) in [6, 6.07) is 9.59. The molecule has 3 rings (SSSR count). The van der Waals surface area contributed by atoms with Gasteiger partial charge in [0.1, 0.15) is 0 Å². The third kappa shape index (κ3) is 5.25. The number of nitro groups is 2. The van der Waals surface area contributed by atoms with E-state index in [9.17, 15) is 25.0 Å². The molecule has 1 aromatic heterocycles. The number of nitrogens with one attached hydrogen (secondary N) is 1. The van der Waals surface area contributed by atoms with E-state index in [2.05, 4.69) is 26.5 Å². The Labute approximate surface area is 192 Å². The van der Waals surface area contributed by atoms with Crippen LogP contribution < -0.4 is 14.9 Å². The number of amides is 1. The van der Waals surface area contributed by atoms with Crippen LogP contribution >= 0.6 is 27.3 Å². The number of rotatable bonds is 8. The maximum absolute atomic E-state index is 11.9. The normalized spacial score (nSPS) is 10.7. The maximum atomic E-state index is 11.9. The molecular weight excluding hydrogens is 508 g/mol. The molecule has 1 N–H and O–H groups in total. The Hall–Kier alpha value is -3.84. The molecule has 2 aromatic carbocycles. The summed E-state index contributed by atoms with van der Waals surface area (Å²) < 4.78 is 11.3. The van der Waals surface area contributed by atoms with Crippen LogP contribution in [0.1, 0.15) is 15.2 Å². The number of nitrogens with zero attached hydrogens (tertiary/aromatic N) is 3. The zero-order chi connectivity index (χ0) is 23.3. The molecule has 0 fully saturated rings. The van der Waals surface area contributed by atoms with Crippen molar-refractivity contribution in [3.63, 3.8) is 0 Å². The summed E-state index contributed by atoms with van der Waals surface area (Å²) in [6.07, 6.45) is 1.39. The number of nitro benzene ring substituents is 2. The van der Waals surface area contributed by atoms with Crippen LogP contribution in [0.4, 0.5) is 11.4 Å². The second-order valence-electron chi connectivity index (χ2n) is 5.98. The number of methoxy groups -OCH3 is 1. The van der Waals surface area contributed by atoms with Crippen LogP contribution in [0.2, 0.25) is 0 Å². The average molecular weight is 521 g/mol. The second kappa shape index (κ2) is 9.98. The van der Waals surface area contributed by atoms with Crippen molar-refractivity contribution in [2.24, 2.45) is 5.10 Å². The molecule has 164 valence electrons. The Morgan fingerprint density at radius 1 is 1.16 bits per heavy atom. The fourth-order valence-corrected chi connectivity index (χ4v) is 3.65. The summed E-state index contributed by atoms with van der Waals surface area (Å²) in [7, 11) is 1.37. The van der Waals surface area contributed by atoms with Crippen molar-refractivity contribution in [1.82, 2.24) is 5.43 Å². The van der Waals surface area contributed by atoms with Gasteiger partial charge in [0.15, 0.2) is 11.5 Å². The largest absolute Gasteiger partial charge is 0.493 e. The van der Waals surface area contributed by atoms with Gasteiger partial charge in [-0.3, -0.25) is 25.0 Å². The lowest BCUT2D eigenvalue weighted by molar-refractivity contribution is -0.394. The Bertz CT molecular complexity index is 1210. The van der Waals surface area contributed by atoms with E-state index in [0.29, 0.717) is 14.9 Å². The molecule has 0 saturated carbocycles. The predicted molar refractivity (Wildman–Crippen MR) is 120 cm³/mol. The van der Waals surface area contributed by atoms with Gasteiger partial charge in [-0.1, -0.05) is 6.07 Å². The Kier molecular flexibility index (Phi) is 7.12. The number of hydrogen-bond acceptors (Lipinski definition) is 9. The molecule has 0 saturated heterocycles. The first-order chi connectivity index (χ1) is 15.3. The number of thiophene rings is 1. The van der Waals surface area contributed by atoms with Crippen LogP contribution in [0.3, 0.4) is 0 Å². The summed E-state index contributed by atoms with van der Waals surface area (Å²) in [6.45, 7) is 0. The first-order valence-electron chi connectivity index (χ1n) is 8.65. The van der Waals surface area contributed by atoms with E-state index in [1.54, 1.807) is 23.6 Å². The fraction of sp³-hybridized carbons (Fsp3) is 0.0526. The van der Waals surface area contributed by atoms with Crippen molar-refractivity contribution in [1.29, 1.82) is 0 Å². The van der Waals surface area contributed by atoms with Gasteiger partial charge in [0.05, 0.1) is 38.6 Å². The number of ether oxygens (including phenoxy) is 2. The summed E-state index contributed by atoms with van der Waals surface area (Å²) in [4.78, 5) is 33.2. The minimum atomic E-state index is -0.778. The highest BCUT2D eigenvalue weighted by molar-refractivity contribution is 9.10. The van der Waals surface area contributed by atoms with E-state index >= 15 is 0 Å². The number of hydrazone groups is 1. The number of carbonyl (C=O) groups is 1. The molecule has 0 aliphatic heterocycles. The molecule has 0 spiro atoms. The van der Waals surface area contributed by atoms with E-state index in [0.717, 1.165) is 18.2 Å². The molecular formula is C19H13BrN4O7S. The molecule has 11 nitrogen and oxygen atoms in total. The van der Waals surface area contributed by atoms with Crippen molar-refractivity contribution in [3.05, 3.63) is 83.0 Å². The number of carbonyl (C=O) groups excluding carboxylic acids is 1. The van der Waals surface area contributed by atoms with Gasteiger partial charge in [-0.05, 0) is 51.1 Å². The van der Waals surface area contributed by atoms with Gasteiger partial charge < -0.3 is 9.47 Å². The van der Waals surface area contributed by atoms with E-state index in [1.165, 1.54) is 30.7 Å². The number of hydrogen-bond donors (Lipinski definition) is 1. The van der Waals surface area contributed by atoms with Crippen LogP contribution in [-0.2, 0) is 0 Å². The lowest BCUT2D eigenvalue weighted by Gasteiger charge is -2.13. The number of non-ortho nitro benzene ring substituents is 1. The third-order valence-corrected chi connectivity index (χ3v) is 5.40. The van der Waals surface area contributed by atoms with Gasteiger partial charge in [-0.2, -0.15) is 5.10 Å². The van der Waals surface area contributed by atoms with Gasteiger partial charge in [0, 0.05) is 6.07 Å². The van der Waals surface area contributed by atoms with Gasteiger partial charge in [-0.25, -0.2) is 5.43 Å². The highest BCUT2D eigenvalue weighted by Crippen LogP contribution is 2.42. The standard InChI is InChI=1S/C19H13BrN4O7S/c1-30-16-8-11(10-21-22-19(25)17-3-2-6-32-17)7-13(20)18(16)31-15-5-4-12(23(26)27)9-14(15)24(28)29/h2-10H,1H3,(H,22,25)/b21-10+. The van der Waals surface area contributed by atoms with E-state index in [1.807, 2.05) is 0 Å². The van der Waals surface area contributed by atoms with Crippen LogP contribution in [0.5, 0.6) is 17.2 Å². The van der Waals surface area contributed by atoms with E-state index in [-0.39, 0.29) is 23.2 Å². The van der Waals surface area contributed by atoms with Crippen LogP contribution in [0, 0.1) is 20.2 Å². The molecule has 0 radical (unpaired) electrons. The highest BCUT2D eigenvalue weighted by atomic mass is 79.9. The Morgan fingerprint density at radius 3 is 2.56 bits per heavy atom. The SMILES string of the molecule is COc1cc(/C=N/NC(=O)c2cccs2)cc(Br)c1Oc1ccc([N+](=O)[O-])cc1[N+](=O)[O-]. The Balaban J connectivity index is 1.86. The van der Waals surface area contributed by atoms with Crippen LogP contribution in [0.15, 0.2) is 57.4 Å². The lowest BCUT2D eigenvalue weighted by atomic mass is 10.2. The molecule has 1 amide bonds. The van der Waals surface area contributed by atoms with Crippen molar-refractivity contribution < 1.29 is 24.1 Å². The topological polar surface area (TPSA) is 146 Å². The maximum Gasteiger partial charge on any atom is 0.318 e. The Morgan fingerprint density at radius 2 is 1.94 bits per heavy atom. The molecule has 0 unspecified atom stereocenters. The van der Waals surface area contributed by atoms with Gasteiger partial charge in [-0.15, -0.1) is 11.3 Å². The highest BCUT2D eigenvalue weighted by Gasteiger charge is 2.23. The van der Waals surface area contributed by atoms with Gasteiger partial charge in [0.2, 0.25) is 5.75 Å².